The Balaban J connectivity index is 2.05. The van der Waals surface area contributed by atoms with Gasteiger partial charge in [0.1, 0.15) is 0 Å². The number of carbonyl (C=O) groups excluding carboxylic acids is 1. The number of amides is 1. The van der Waals surface area contributed by atoms with Gasteiger partial charge in [0.2, 0.25) is 5.91 Å². The van der Waals surface area contributed by atoms with Gasteiger partial charge in [-0.3, -0.25) is 14.9 Å². The number of benzene rings is 2. The van der Waals surface area contributed by atoms with Gasteiger partial charge in [-0.25, -0.2) is 0 Å². The van der Waals surface area contributed by atoms with Crippen LogP contribution in [0, 0.1) is 10.1 Å². The number of nitro groups is 1. The van der Waals surface area contributed by atoms with Crippen molar-refractivity contribution in [1.82, 2.24) is 0 Å². The molecule has 0 aliphatic heterocycles. The molecule has 0 saturated carbocycles. The van der Waals surface area contributed by atoms with E-state index in [0.29, 0.717) is 11.3 Å². The van der Waals surface area contributed by atoms with Crippen LogP contribution in [0.1, 0.15) is 5.56 Å². The minimum atomic E-state index is -0.501. The lowest BCUT2D eigenvalue weighted by Gasteiger charge is -2.05. The Labute approximate surface area is 141 Å². The van der Waals surface area contributed by atoms with Crippen LogP contribution in [0.25, 0.3) is 6.08 Å². The zero-order valence-electron chi connectivity index (χ0n) is 11.5. The number of rotatable bonds is 4. The van der Waals surface area contributed by atoms with E-state index in [9.17, 15) is 20.0 Å². The summed E-state index contributed by atoms with van der Waals surface area (Å²) >= 11 is 11.5. The van der Waals surface area contributed by atoms with Crippen molar-refractivity contribution in [2.24, 2.45) is 0 Å². The Morgan fingerprint density at radius 2 is 1.74 bits per heavy atom. The molecule has 2 aromatic rings. The summed E-state index contributed by atoms with van der Waals surface area (Å²) in [6, 6.07) is 8.46. The van der Waals surface area contributed by atoms with Gasteiger partial charge in [-0.15, -0.1) is 0 Å². The van der Waals surface area contributed by atoms with E-state index in [1.165, 1.54) is 48.6 Å². The van der Waals surface area contributed by atoms with E-state index in [-0.39, 0.29) is 21.5 Å². The number of nitrogens with one attached hydrogen (secondary N) is 1. The van der Waals surface area contributed by atoms with Gasteiger partial charge in [-0.1, -0.05) is 23.2 Å². The summed E-state index contributed by atoms with van der Waals surface area (Å²) in [5.74, 6) is -0.700. The number of hydrogen-bond acceptors (Lipinski definition) is 4. The first-order valence-corrected chi connectivity index (χ1v) is 7.04. The average molecular weight is 353 g/mol. The molecule has 2 rings (SSSR count). The van der Waals surface area contributed by atoms with Crippen molar-refractivity contribution >= 4 is 46.6 Å². The lowest BCUT2D eigenvalue weighted by molar-refractivity contribution is -0.384. The molecule has 0 bridgehead atoms. The zero-order chi connectivity index (χ0) is 17.0. The molecule has 0 aromatic heterocycles. The van der Waals surface area contributed by atoms with E-state index >= 15 is 0 Å². The van der Waals surface area contributed by atoms with Crippen LogP contribution >= 0.6 is 23.2 Å². The maximum atomic E-state index is 11.8. The number of halogens is 2. The molecule has 6 nitrogen and oxygen atoms in total. The molecular weight excluding hydrogens is 343 g/mol. The van der Waals surface area contributed by atoms with Gasteiger partial charge in [0.25, 0.3) is 5.69 Å². The highest BCUT2D eigenvalue weighted by atomic mass is 35.5. The number of non-ortho nitro benzene ring substituents is 1. The minimum absolute atomic E-state index is 0.0205. The van der Waals surface area contributed by atoms with Crippen LogP contribution < -0.4 is 5.32 Å². The molecule has 0 aliphatic carbocycles. The van der Waals surface area contributed by atoms with Crippen molar-refractivity contribution in [2.45, 2.75) is 0 Å². The third-order valence-electron chi connectivity index (χ3n) is 2.82. The minimum Gasteiger partial charge on any atom is -0.505 e. The average Bonchev–Trinajstić information content (AvgIpc) is 2.51. The molecule has 23 heavy (non-hydrogen) atoms. The van der Waals surface area contributed by atoms with Gasteiger partial charge in [0.05, 0.1) is 15.0 Å². The smallest absolute Gasteiger partial charge is 0.269 e. The van der Waals surface area contributed by atoms with Crippen molar-refractivity contribution < 1.29 is 14.8 Å². The molecule has 0 fully saturated rings. The molecule has 0 atom stereocenters. The SMILES string of the molecule is O=C(C=Cc1ccc([N+](=O)[O-])cc1)Nc1cc(Cl)c(O)c(Cl)c1. The molecule has 8 heteroatoms. The number of carbonyl (C=O) groups is 1. The van der Waals surface area contributed by atoms with Gasteiger partial charge in [0.15, 0.2) is 5.75 Å². The highest BCUT2D eigenvalue weighted by Gasteiger charge is 2.08. The number of nitrogens with zero attached hydrogens (tertiary/aromatic N) is 1. The first-order valence-electron chi connectivity index (χ1n) is 6.28. The molecular formula is C15H10Cl2N2O4. The first-order chi connectivity index (χ1) is 10.9. The number of anilines is 1. The summed E-state index contributed by atoms with van der Waals surface area (Å²) in [5, 5.41) is 22.6. The van der Waals surface area contributed by atoms with Crippen LogP contribution in [0.5, 0.6) is 5.75 Å². The molecule has 0 aliphatic rings. The van der Waals surface area contributed by atoms with Crippen molar-refractivity contribution in [3.8, 4) is 5.75 Å². The quantitative estimate of drug-likeness (QED) is 0.372. The topological polar surface area (TPSA) is 92.5 Å². The van der Waals surface area contributed by atoms with Crippen molar-refractivity contribution in [1.29, 1.82) is 0 Å². The fourth-order valence-electron chi connectivity index (χ4n) is 1.70. The Morgan fingerprint density at radius 1 is 1.17 bits per heavy atom. The summed E-state index contributed by atoms with van der Waals surface area (Å²) < 4.78 is 0. The zero-order valence-corrected chi connectivity index (χ0v) is 13.0. The lowest BCUT2D eigenvalue weighted by atomic mass is 10.2. The summed E-state index contributed by atoms with van der Waals surface area (Å²) in [6.45, 7) is 0. The fourth-order valence-corrected chi connectivity index (χ4v) is 2.19. The lowest BCUT2D eigenvalue weighted by Crippen LogP contribution is -2.07. The predicted molar refractivity (Wildman–Crippen MR) is 88.9 cm³/mol. The molecule has 0 spiro atoms. The van der Waals surface area contributed by atoms with Crippen molar-refractivity contribution in [2.75, 3.05) is 5.32 Å². The van der Waals surface area contributed by atoms with Crippen molar-refractivity contribution in [3.05, 3.63) is 68.2 Å². The van der Waals surface area contributed by atoms with Gasteiger partial charge in [0, 0.05) is 23.9 Å². The van der Waals surface area contributed by atoms with E-state index in [4.69, 9.17) is 23.2 Å². The molecule has 2 N–H and O–H groups in total. The Hall–Kier alpha value is -2.57. The van der Waals surface area contributed by atoms with Crippen LogP contribution in [0.15, 0.2) is 42.5 Å². The van der Waals surface area contributed by atoms with Crippen LogP contribution in [0.2, 0.25) is 10.0 Å². The monoisotopic (exact) mass is 352 g/mol. The van der Waals surface area contributed by atoms with E-state index in [1.54, 1.807) is 0 Å². The second kappa shape index (κ2) is 7.13. The molecule has 1 amide bonds. The predicted octanol–water partition coefficient (Wildman–Crippen LogP) is 4.26. The Bertz CT molecular complexity index is 766. The van der Waals surface area contributed by atoms with Gasteiger partial charge in [-0.2, -0.15) is 0 Å². The molecule has 0 heterocycles. The van der Waals surface area contributed by atoms with Crippen LogP contribution in [-0.4, -0.2) is 15.9 Å². The molecule has 0 radical (unpaired) electrons. The van der Waals surface area contributed by atoms with Gasteiger partial charge in [-0.05, 0) is 35.9 Å². The number of hydrogen-bond donors (Lipinski definition) is 2. The second-order valence-corrected chi connectivity index (χ2v) is 5.27. The summed E-state index contributed by atoms with van der Waals surface area (Å²) in [4.78, 5) is 21.9. The third kappa shape index (κ3) is 4.45. The number of phenols is 1. The Morgan fingerprint density at radius 3 is 2.26 bits per heavy atom. The largest absolute Gasteiger partial charge is 0.505 e. The molecule has 0 unspecified atom stereocenters. The fraction of sp³-hybridized carbons (Fsp3) is 0. The molecule has 0 saturated heterocycles. The highest BCUT2D eigenvalue weighted by molar-refractivity contribution is 6.37. The highest BCUT2D eigenvalue weighted by Crippen LogP contribution is 2.34. The summed E-state index contributed by atoms with van der Waals surface area (Å²) in [7, 11) is 0. The van der Waals surface area contributed by atoms with Crippen LogP contribution in [-0.2, 0) is 4.79 Å². The summed E-state index contributed by atoms with van der Waals surface area (Å²) in [6.07, 6.45) is 2.76. The maximum absolute atomic E-state index is 11.8. The van der Waals surface area contributed by atoms with Crippen LogP contribution in [0.3, 0.4) is 0 Å². The normalized spacial score (nSPS) is 10.7. The second-order valence-electron chi connectivity index (χ2n) is 4.46. The standard InChI is InChI=1S/C15H10Cl2N2O4/c16-12-7-10(8-13(17)15(12)21)18-14(20)6-3-9-1-4-11(5-2-9)19(22)23/h1-8,21H,(H,18,20). The third-order valence-corrected chi connectivity index (χ3v) is 3.39. The number of aromatic hydroxyl groups is 1. The van der Waals surface area contributed by atoms with E-state index in [0.717, 1.165) is 0 Å². The van der Waals surface area contributed by atoms with Gasteiger partial charge >= 0.3 is 0 Å². The molecule has 118 valence electrons. The molecule has 2 aromatic carbocycles. The van der Waals surface area contributed by atoms with Crippen molar-refractivity contribution in [3.63, 3.8) is 0 Å². The van der Waals surface area contributed by atoms with Gasteiger partial charge < -0.3 is 10.4 Å². The van der Waals surface area contributed by atoms with Crippen LogP contribution in [0.4, 0.5) is 11.4 Å². The Kier molecular flexibility index (Phi) is 5.20. The van der Waals surface area contributed by atoms with E-state index in [1.807, 2.05) is 0 Å². The first kappa shape index (κ1) is 16.8. The maximum Gasteiger partial charge on any atom is 0.269 e. The van der Waals surface area contributed by atoms with E-state index < -0.39 is 10.8 Å². The number of nitro benzene ring substituents is 1. The van der Waals surface area contributed by atoms with E-state index in [2.05, 4.69) is 5.32 Å². The summed E-state index contributed by atoms with van der Waals surface area (Å²) in [5.41, 5.74) is 0.934. The number of phenolic OH excluding ortho intramolecular Hbond substituents is 1.